The third-order valence-corrected chi connectivity index (χ3v) is 5.85. The van der Waals surface area contributed by atoms with E-state index in [2.05, 4.69) is 15.6 Å². The average molecular weight is 452 g/mol. The summed E-state index contributed by atoms with van der Waals surface area (Å²) in [7, 11) is 1.64. The third-order valence-electron chi connectivity index (χ3n) is 4.54. The number of aromatic nitrogens is 1. The van der Waals surface area contributed by atoms with Gasteiger partial charge >= 0.3 is 0 Å². The molecule has 8 heteroatoms. The van der Waals surface area contributed by atoms with Crippen molar-refractivity contribution in [2.75, 3.05) is 23.6 Å². The van der Waals surface area contributed by atoms with E-state index in [0.717, 1.165) is 26.5 Å². The maximum Gasteiger partial charge on any atom is 0.255 e. The molecule has 0 aliphatic rings. The highest BCUT2D eigenvalue weighted by Gasteiger charge is 2.10. The largest absolute Gasteiger partial charge is 0.497 e. The van der Waals surface area contributed by atoms with Gasteiger partial charge in [-0.15, -0.1) is 22.9 Å². The van der Waals surface area contributed by atoms with Gasteiger partial charge in [0.15, 0.2) is 0 Å². The van der Waals surface area contributed by atoms with E-state index in [0.29, 0.717) is 16.9 Å². The van der Waals surface area contributed by atoms with E-state index in [1.165, 1.54) is 0 Å². The number of alkyl halides is 1. The molecule has 3 aromatic carbocycles. The van der Waals surface area contributed by atoms with Crippen LogP contribution in [0.1, 0.15) is 10.4 Å². The molecule has 6 nitrogen and oxygen atoms in total. The van der Waals surface area contributed by atoms with Crippen LogP contribution in [0.5, 0.6) is 5.75 Å². The first-order chi connectivity index (χ1) is 15.1. The fourth-order valence-corrected chi connectivity index (χ4v) is 4.02. The van der Waals surface area contributed by atoms with Crippen molar-refractivity contribution in [1.82, 2.24) is 4.98 Å². The molecule has 2 N–H and O–H groups in total. The number of carbonyl (C=O) groups is 2. The molecular formula is C23H18ClN3O3S. The van der Waals surface area contributed by atoms with E-state index in [1.807, 2.05) is 42.5 Å². The number of nitrogens with zero attached hydrogens (tertiary/aromatic N) is 1. The molecular weight excluding hydrogens is 434 g/mol. The number of methoxy groups -OCH3 is 1. The molecule has 0 saturated carbocycles. The smallest absolute Gasteiger partial charge is 0.255 e. The summed E-state index contributed by atoms with van der Waals surface area (Å²) in [4.78, 5) is 28.5. The highest BCUT2D eigenvalue weighted by molar-refractivity contribution is 7.21. The van der Waals surface area contributed by atoms with Crippen LogP contribution in [-0.4, -0.2) is 29.8 Å². The maximum absolute atomic E-state index is 12.5. The Morgan fingerprint density at radius 2 is 1.65 bits per heavy atom. The van der Waals surface area contributed by atoms with Crippen molar-refractivity contribution in [1.29, 1.82) is 0 Å². The fraction of sp³-hybridized carbons (Fsp3) is 0.0870. The first-order valence-electron chi connectivity index (χ1n) is 9.38. The number of hydrogen-bond donors (Lipinski definition) is 2. The number of thiazole rings is 1. The van der Waals surface area contributed by atoms with Gasteiger partial charge in [-0.1, -0.05) is 0 Å². The van der Waals surface area contributed by atoms with Crippen LogP contribution in [0, 0.1) is 0 Å². The Bertz CT molecular complexity index is 1240. The van der Waals surface area contributed by atoms with Crippen LogP contribution in [0.25, 0.3) is 20.8 Å². The van der Waals surface area contributed by atoms with Gasteiger partial charge < -0.3 is 15.4 Å². The number of carbonyl (C=O) groups excluding carboxylic acids is 2. The van der Waals surface area contributed by atoms with Crippen molar-refractivity contribution in [2.24, 2.45) is 0 Å². The summed E-state index contributed by atoms with van der Waals surface area (Å²) in [5.41, 5.74) is 3.63. The summed E-state index contributed by atoms with van der Waals surface area (Å²) in [6.07, 6.45) is 0. The molecule has 0 fully saturated rings. The lowest BCUT2D eigenvalue weighted by Crippen LogP contribution is -2.14. The van der Waals surface area contributed by atoms with Crippen molar-refractivity contribution in [2.45, 2.75) is 0 Å². The number of ether oxygens (including phenoxy) is 1. The summed E-state index contributed by atoms with van der Waals surface area (Å²) < 4.78 is 6.32. The molecule has 1 aromatic heterocycles. The molecule has 0 aliphatic heterocycles. The summed E-state index contributed by atoms with van der Waals surface area (Å²) in [6, 6.07) is 19.9. The lowest BCUT2D eigenvalue weighted by molar-refractivity contribution is -0.113. The van der Waals surface area contributed by atoms with Crippen LogP contribution in [0.2, 0.25) is 0 Å². The topological polar surface area (TPSA) is 80.3 Å². The minimum Gasteiger partial charge on any atom is -0.497 e. The summed E-state index contributed by atoms with van der Waals surface area (Å²) in [5.74, 6) is 0.139. The predicted molar refractivity (Wildman–Crippen MR) is 125 cm³/mol. The maximum atomic E-state index is 12.5. The molecule has 0 unspecified atom stereocenters. The van der Waals surface area contributed by atoms with E-state index >= 15 is 0 Å². The van der Waals surface area contributed by atoms with E-state index in [9.17, 15) is 9.59 Å². The summed E-state index contributed by atoms with van der Waals surface area (Å²) >= 11 is 7.06. The monoisotopic (exact) mass is 451 g/mol. The molecule has 0 saturated heterocycles. The highest BCUT2D eigenvalue weighted by atomic mass is 35.5. The second kappa shape index (κ2) is 9.16. The molecule has 0 spiro atoms. The number of nitrogens with one attached hydrogen (secondary N) is 2. The van der Waals surface area contributed by atoms with Crippen LogP contribution in [-0.2, 0) is 4.79 Å². The van der Waals surface area contributed by atoms with Crippen LogP contribution >= 0.6 is 22.9 Å². The Morgan fingerprint density at radius 3 is 2.32 bits per heavy atom. The van der Waals surface area contributed by atoms with E-state index < -0.39 is 0 Å². The SMILES string of the molecule is COc1ccc2nc(-c3ccc(NC(=O)c4ccc(NC(=O)CCl)cc4)cc3)sc2c1. The van der Waals surface area contributed by atoms with Crippen LogP contribution in [0.4, 0.5) is 11.4 Å². The minimum absolute atomic E-state index is 0.122. The fourth-order valence-electron chi connectivity index (χ4n) is 2.95. The lowest BCUT2D eigenvalue weighted by atomic mass is 10.1. The van der Waals surface area contributed by atoms with Gasteiger partial charge in [0.25, 0.3) is 5.91 Å². The molecule has 4 aromatic rings. The molecule has 31 heavy (non-hydrogen) atoms. The van der Waals surface area contributed by atoms with Gasteiger partial charge in [0.2, 0.25) is 5.91 Å². The second-order valence-electron chi connectivity index (χ2n) is 6.64. The van der Waals surface area contributed by atoms with Crippen LogP contribution in [0.15, 0.2) is 66.7 Å². The predicted octanol–water partition coefficient (Wildman–Crippen LogP) is 5.40. The number of halogens is 1. The standard InChI is InChI=1S/C23H18ClN3O3S/c1-30-18-10-11-19-20(12-18)31-23(27-19)15-4-8-17(9-5-15)26-22(29)14-2-6-16(7-3-14)25-21(28)13-24/h2-12H,13H2,1H3,(H,25,28)(H,26,29). The Kier molecular flexibility index (Phi) is 6.16. The van der Waals surface area contributed by atoms with Gasteiger partial charge in [0.1, 0.15) is 16.6 Å². The van der Waals surface area contributed by atoms with Gasteiger partial charge in [-0.25, -0.2) is 4.98 Å². The number of benzene rings is 3. The van der Waals surface area contributed by atoms with Gasteiger partial charge in [-0.2, -0.15) is 0 Å². The Hall–Kier alpha value is -3.42. The van der Waals surface area contributed by atoms with Gasteiger partial charge in [0.05, 0.1) is 17.3 Å². The van der Waals surface area contributed by atoms with Gasteiger partial charge in [0, 0.05) is 22.5 Å². The zero-order valence-electron chi connectivity index (χ0n) is 16.5. The number of anilines is 2. The van der Waals surface area contributed by atoms with Crippen molar-refractivity contribution in [3.8, 4) is 16.3 Å². The van der Waals surface area contributed by atoms with E-state index in [1.54, 1.807) is 42.7 Å². The Balaban J connectivity index is 1.44. The first-order valence-corrected chi connectivity index (χ1v) is 10.7. The molecule has 0 radical (unpaired) electrons. The third kappa shape index (κ3) is 4.84. The van der Waals surface area contributed by atoms with Gasteiger partial charge in [-0.3, -0.25) is 9.59 Å². The lowest BCUT2D eigenvalue weighted by Gasteiger charge is -2.07. The zero-order valence-corrected chi connectivity index (χ0v) is 18.1. The number of hydrogen-bond acceptors (Lipinski definition) is 5. The van der Waals surface area contributed by atoms with E-state index in [4.69, 9.17) is 16.3 Å². The normalized spacial score (nSPS) is 10.6. The number of rotatable bonds is 6. The van der Waals surface area contributed by atoms with Crippen LogP contribution < -0.4 is 15.4 Å². The minimum atomic E-state index is -0.300. The highest BCUT2D eigenvalue weighted by Crippen LogP contribution is 2.32. The average Bonchev–Trinajstić information content (AvgIpc) is 3.23. The Morgan fingerprint density at radius 1 is 0.968 bits per heavy atom. The molecule has 1 heterocycles. The second-order valence-corrected chi connectivity index (χ2v) is 7.94. The molecule has 0 bridgehead atoms. The van der Waals surface area contributed by atoms with E-state index in [-0.39, 0.29) is 17.7 Å². The molecule has 0 aliphatic carbocycles. The quantitative estimate of drug-likeness (QED) is 0.384. The van der Waals surface area contributed by atoms with Crippen molar-refractivity contribution >= 4 is 56.3 Å². The van der Waals surface area contributed by atoms with Gasteiger partial charge in [-0.05, 0) is 66.7 Å². The zero-order chi connectivity index (χ0) is 21.8. The summed E-state index contributed by atoms with van der Waals surface area (Å²) in [6.45, 7) is 0. The number of amides is 2. The van der Waals surface area contributed by atoms with Crippen LogP contribution in [0.3, 0.4) is 0 Å². The van der Waals surface area contributed by atoms with Crippen molar-refractivity contribution in [3.05, 3.63) is 72.3 Å². The van der Waals surface area contributed by atoms with Crippen molar-refractivity contribution < 1.29 is 14.3 Å². The number of fused-ring (bicyclic) bond motifs is 1. The molecule has 0 atom stereocenters. The molecule has 156 valence electrons. The van der Waals surface area contributed by atoms with Crippen molar-refractivity contribution in [3.63, 3.8) is 0 Å². The summed E-state index contributed by atoms with van der Waals surface area (Å²) in [5, 5.41) is 6.40. The Labute approximate surface area is 187 Å². The molecule has 2 amide bonds. The first kappa shape index (κ1) is 20.8. The molecule has 4 rings (SSSR count).